The number of hydrogen-bond donors (Lipinski definition) is 3. The van der Waals surface area contributed by atoms with Crippen LogP contribution in [0.1, 0.15) is 43.9 Å². The van der Waals surface area contributed by atoms with Crippen molar-refractivity contribution in [2.75, 3.05) is 19.7 Å². The van der Waals surface area contributed by atoms with Gasteiger partial charge in [0.1, 0.15) is 0 Å². The van der Waals surface area contributed by atoms with Gasteiger partial charge in [-0.2, -0.15) is 0 Å². The molecule has 3 unspecified atom stereocenters. The van der Waals surface area contributed by atoms with E-state index in [-0.39, 0.29) is 0 Å². The fourth-order valence-electron chi connectivity index (χ4n) is 5.86. The van der Waals surface area contributed by atoms with Crippen LogP contribution in [-0.2, 0) is 11.2 Å². The molecule has 2 aromatic rings. The van der Waals surface area contributed by atoms with Gasteiger partial charge < -0.3 is 20.4 Å². The average Bonchev–Trinajstić information content (AvgIpc) is 3.20. The molecule has 5 nitrogen and oxygen atoms in total. The molecule has 28 heavy (non-hydrogen) atoms. The van der Waals surface area contributed by atoms with Gasteiger partial charge in [-0.15, -0.1) is 0 Å². The van der Waals surface area contributed by atoms with E-state index in [2.05, 4.69) is 53.7 Å². The molecule has 3 fully saturated rings. The Morgan fingerprint density at radius 1 is 1.32 bits per heavy atom. The summed E-state index contributed by atoms with van der Waals surface area (Å²) in [6, 6.07) is 9.08. The lowest BCUT2D eigenvalue weighted by Gasteiger charge is -2.63. The molecule has 2 saturated carbocycles. The van der Waals surface area contributed by atoms with Crippen molar-refractivity contribution < 1.29 is 4.74 Å². The predicted octanol–water partition coefficient (Wildman–Crippen LogP) is 3.53. The Morgan fingerprint density at radius 3 is 2.96 bits per heavy atom. The van der Waals surface area contributed by atoms with Crippen molar-refractivity contribution in [3.8, 4) is 0 Å². The summed E-state index contributed by atoms with van der Waals surface area (Å²) in [5.74, 6) is 1.64. The molecule has 3 atom stereocenters. The van der Waals surface area contributed by atoms with E-state index in [4.69, 9.17) is 9.73 Å². The molecule has 2 heterocycles. The first-order chi connectivity index (χ1) is 13.7. The standard InChI is InChI=1S/C23H32N4O/c1-3-24-22(27-20-18-10-14-28-21(18)23(20)11-6-12-23)25-13-9-16-15(2)26-19-8-5-4-7-17(16)19/h4-5,7-8,18,20-21,26H,3,6,9-14H2,1-2H3,(H2,24,25,27). The van der Waals surface area contributed by atoms with Crippen LogP contribution in [0, 0.1) is 18.3 Å². The van der Waals surface area contributed by atoms with Crippen molar-refractivity contribution in [3.63, 3.8) is 0 Å². The van der Waals surface area contributed by atoms with Crippen LogP contribution in [-0.4, -0.2) is 42.8 Å². The highest BCUT2D eigenvalue weighted by atomic mass is 16.5. The van der Waals surface area contributed by atoms with Crippen LogP contribution in [0.5, 0.6) is 0 Å². The topological polar surface area (TPSA) is 61.4 Å². The fourth-order valence-corrected chi connectivity index (χ4v) is 5.86. The molecule has 3 N–H and O–H groups in total. The summed E-state index contributed by atoms with van der Waals surface area (Å²) in [5, 5.41) is 8.60. The van der Waals surface area contributed by atoms with Crippen LogP contribution in [0.15, 0.2) is 29.3 Å². The van der Waals surface area contributed by atoms with Gasteiger partial charge in [-0.3, -0.25) is 4.99 Å². The van der Waals surface area contributed by atoms with Crippen LogP contribution >= 0.6 is 0 Å². The summed E-state index contributed by atoms with van der Waals surface area (Å²) in [5.41, 5.74) is 4.24. The molecule has 2 aliphatic carbocycles. The van der Waals surface area contributed by atoms with Crippen molar-refractivity contribution in [2.24, 2.45) is 16.3 Å². The van der Waals surface area contributed by atoms with E-state index < -0.39 is 0 Å². The highest BCUT2D eigenvalue weighted by molar-refractivity contribution is 5.84. The second kappa shape index (κ2) is 7.11. The quantitative estimate of drug-likeness (QED) is 0.549. The largest absolute Gasteiger partial charge is 0.377 e. The number of aryl methyl sites for hydroxylation is 1. The molecule has 3 aliphatic rings. The van der Waals surface area contributed by atoms with Gasteiger partial charge in [-0.25, -0.2) is 0 Å². The summed E-state index contributed by atoms with van der Waals surface area (Å²) < 4.78 is 6.06. The maximum absolute atomic E-state index is 6.06. The monoisotopic (exact) mass is 380 g/mol. The Bertz CT molecular complexity index is 882. The summed E-state index contributed by atoms with van der Waals surface area (Å²) in [6.45, 7) is 6.92. The first-order valence-corrected chi connectivity index (χ1v) is 11.0. The molecule has 0 amide bonds. The maximum Gasteiger partial charge on any atom is 0.191 e. The summed E-state index contributed by atoms with van der Waals surface area (Å²) >= 11 is 0. The number of guanidine groups is 1. The Hall–Kier alpha value is -2.01. The number of fused-ring (bicyclic) bond motifs is 3. The van der Waals surface area contributed by atoms with E-state index in [1.54, 1.807) is 0 Å². The zero-order chi connectivity index (χ0) is 19.1. The second-order valence-corrected chi connectivity index (χ2v) is 8.74. The average molecular weight is 381 g/mol. The van der Waals surface area contributed by atoms with Crippen LogP contribution in [0.4, 0.5) is 0 Å². The van der Waals surface area contributed by atoms with Crippen molar-refractivity contribution in [1.82, 2.24) is 15.6 Å². The van der Waals surface area contributed by atoms with E-state index in [9.17, 15) is 0 Å². The number of aliphatic imine (C=N–C) groups is 1. The smallest absolute Gasteiger partial charge is 0.191 e. The normalized spacial score (nSPS) is 28.1. The number of hydrogen-bond acceptors (Lipinski definition) is 2. The third kappa shape index (κ3) is 2.74. The molecule has 1 aliphatic heterocycles. The predicted molar refractivity (Wildman–Crippen MR) is 114 cm³/mol. The number of ether oxygens (including phenoxy) is 1. The van der Waals surface area contributed by atoms with Gasteiger partial charge in [0, 0.05) is 53.7 Å². The Balaban J connectivity index is 1.29. The van der Waals surface area contributed by atoms with Gasteiger partial charge in [0.05, 0.1) is 6.10 Å². The van der Waals surface area contributed by atoms with Crippen LogP contribution in [0.2, 0.25) is 0 Å². The fraction of sp³-hybridized carbons (Fsp3) is 0.609. The van der Waals surface area contributed by atoms with Gasteiger partial charge in [0.15, 0.2) is 5.96 Å². The summed E-state index contributed by atoms with van der Waals surface area (Å²) in [6.07, 6.45) is 6.60. The van der Waals surface area contributed by atoms with Crippen LogP contribution in [0.3, 0.4) is 0 Å². The first kappa shape index (κ1) is 18.0. The number of aromatic nitrogens is 1. The third-order valence-corrected chi connectivity index (χ3v) is 7.33. The van der Waals surface area contributed by atoms with Crippen LogP contribution < -0.4 is 10.6 Å². The maximum atomic E-state index is 6.06. The molecule has 5 heteroatoms. The Morgan fingerprint density at radius 2 is 2.18 bits per heavy atom. The number of rotatable bonds is 5. The molecule has 1 saturated heterocycles. The highest BCUT2D eigenvalue weighted by Gasteiger charge is 2.66. The molecule has 1 aromatic heterocycles. The number of nitrogens with zero attached hydrogens (tertiary/aromatic N) is 1. The van der Waals surface area contributed by atoms with E-state index in [0.29, 0.717) is 23.5 Å². The Labute approximate surface area is 167 Å². The lowest BCUT2D eigenvalue weighted by molar-refractivity contribution is -0.171. The first-order valence-electron chi connectivity index (χ1n) is 11.0. The molecule has 1 spiro atoms. The Kier molecular flexibility index (Phi) is 4.58. The minimum absolute atomic E-state index is 0.380. The minimum Gasteiger partial charge on any atom is -0.377 e. The molecule has 150 valence electrons. The van der Waals surface area contributed by atoms with Crippen molar-refractivity contribution in [1.29, 1.82) is 0 Å². The number of H-pyrrole nitrogens is 1. The molecule has 1 aromatic carbocycles. The van der Waals surface area contributed by atoms with Gasteiger partial charge in [0.25, 0.3) is 0 Å². The van der Waals surface area contributed by atoms with Crippen LogP contribution in [0.25, 0.3) is 10.9 Å². The molecular weight excluding hydrogens is 348 g/mol. The summed E-state index contributed by atoms with van der Waals surface area (Å²) in [4.78, 5) is 8.43. The van der Waals surface area contributed by atoms with E-state index in [0.717, 1.165) is 32.1 Å². The third-order valence-electron chi connectivity index (χ3n) is 7.33. The van der Waals surface area contributed by atoms with E-state index in [1.165, 1.54) is 47.8 Å². The number of benzene rings is 1. The lowest BCUT2D eigenvalue weighted by Crippen LogP contribution is -2.72. The molecule has 0 bridgehead atoms. The molecule has 0 radical (unpaired) electrons. The summed E-state index contributed by atoms with van der Waals surface area (Å²) in [7, 11) is 0. The molecular formula is C23H32N4O. The number of nitrogens with one attached hydrogen (secondary N) is 3. The van der Waals surface area contributed by atoms with Gasteiger partial charge in [0.2, 0.25) is 0 Å². The van der Waals surface area contributed by atoms with E-state index in [1.807, 2.05) is 0 Å². The second-order valence-electron chi connectivity index (χ2n) is 8.74. The van der Waals surface area contributed by atoms with Crippen molar-refractivity contribution in [3.05, 3.63) is 35.5 Å². The van der Waals surface area contributed by atoms with Gasteiger partial charge >= 0.3 is 0 Å². The number of para-hydroxylation sites is 1. The minimum atomic E-state index is 0.380. The SMILES string of the molecule is CCNC(=NCCc1c(C)[nH]c2ccccc12)NC1C2CCOC2C12CCC2. The van der Waals surface area contributed by atoms with Crippen molar-refractivity contribution >= 4 is 16.9 Å². The zero-order valence-corrected chi connectivity index (χ0v) is 17.1. The van der Waals surface area contributed by atoms with Gasteiger partial charge in [-0.05, 0) is 51.2 Å². The van der Waals surface area contributed by atoms with E-state index >= 15 is 0 Å². The molecule has 5 rings (SSSR count). The zero-order valence-electron chi connectivity index (χ0n) is 17.1. The number of aromatic amines is 1. The lowest BCUT2D eigenvalue weighted by atomic mass is 9.46. The highest BCUT2D eigenvalue weighted by Crippen LogP contribution is 2.62. The van der Waals surface area contributed by atoms with Crippen molar-refractivity contribution in [2.45, 2.75) is 58.1 Å². The van der Waals surface area contributed by atoms with Gasteiger partial charge in [-0.1, -0.05) is 24.6 Å².